The fourth-order valence-electron chi connectivity index (χ4n) is 2.01. The summed E-state index contributed by atoms with van der Waals surface area (Å²) in [5.41, 5.74) is 0.745. The number of methoxy groups -OCH3 is 1. The van der Waals surface area contributed by atoms with Gasteiger partial charge in [-0.1, -0.05) is 31.5 Å². The van der Waals surface area contributed by atoms with E-state index in [4.69, 9.17) is 0 Å². The summed E-state index contributed by atoms with van der Waals surface area (Å²) >= 11 is 0. The maximum atomic E-state index is 12.3. The molecule has 1 atom stereocenters. The Morgan fingerprint density at radius 2 is 1.71 bits per heavy atom. The monoisotopic (exact) mass is 514 g/mol. The van der Waals surface area contributed by atoms with Gasteiger partial charge in [-0.15, -0.1) is 4.55 Å². The zero-order valence-corrected chi connectivity index (χ0v) is 20.2. The molecule has 131 valence electrons. The van der Waals surface area contributed by atoms with E-state index in [0.29, 0.717) is 25.7 Å². The maximum Gasteiger partial charge on any atom is 0.305 e. The van der Waals surface area contributed by atoms with Gasteiger partial charge in [-0.05, 0) is 48.4 Å². The summed E-state index contributed by atoms with van der Waals surface area (Å²) in [6, 6.07) is 8.29. The summed E-state index contributed by atoms with van der Waals surface area (Å²) in [6.45, 7) is 2.05. The van der Waals surface area contributed by atoms with Crippen LogP contribution in [-0.2, 0) is 43.4 Å². The Morgan fingerprint density at radius 3 is 2.25 bits per heavy atom. The molecule has 0 bridgehead atoms. The Hall–Kier alpha value is -0.197. The number of unbranched alkanes of at least 4 members (excludes halogenated alkanes) is 1. The number of allylic oxidation sites excluding steroid dienone is 1. The standard InChI is InChI=1S/C17H23O4S.HI.Zn/c1-3-4-9-15(10-8-13-17(18)21-2)14-22(19,20)16-11-6-5-7-12-16;;/h5-7,11-12H,3-4,8-10,13H2,1-2H3;1H;/p-1. The molecule has 0 aliphatic carbocycles. The fourth-order valence-corrected chi connectivity index (χ4v) is 3.23. The molecule has 0 aromatic heterocycles. The molecule has 0 saturated carbocycles. The van der Waals surface area contributed by atoms with Crippen molar-refractivity contribution in [3.05, 3.63) is 35.9 Å². The number of halogens is 1. The molecule has 0 saturated heterocycles. The number of hydrogen-bond acceptors (Lipinski definition) is 3. The number of esters is 1. The minimum atomic E-state index is -3.55. The molecule has 4 nitrogen and oxygen atoms in total. The zero-order chi connectivity index (χ0) is 16.4. The van der Waals surface area contributed by atoms with Crippen molar-refractivity contribution >= 4 is 20.8 Å². The fraction of sp³-hybridized carbons (Fsp3) is 0.471. The van der Waals surface area contributed by atoms with Crippen molar-refractivity contribution in [2.24, 2.45) is 0 Å². The predicted molar refractivity (Wildman–Crippen MR) is 87.4 cm³/mol. The minimum Gasteiger partial charge on any atom is -1.00 e. The number of hydrogen-bond donors (Lipinski definition) is 0. The second kappa shape index (κ2) is 14.0. The molecule has 0 fully saturated rings. The van der Waals surface area contributed by atoms with Crippen LogP contribution in [0.15, 0.2) is 40.8 Å². The molecule has 0 aliphatic rings. The quantitative estimate of drug-likeness (QED) is 0.220. The molecular weight excluding hydrogens is 493 g/mol. The van der Waals surface area contributed by atoms with E-state index in [9.17, 15) is 13.6 Å². The van der Waals surface area contributed by atoms with Crippen LogP contribution in [-0.4, -0.2) is 22.3 Å². The predicted octanol–water partition coefficient (Wildman–Crippen LogP) is 0.538. The molecule has 1 radical (unpaired) electrons. The van der Waals surface area contributed by atoms with Crippen molar-refractivity contribution in [3.8, 4) is 0 Å². The van der Waals surface area contributed by atoms with Crippen molar-refractivity contribution in [2.75, 3.05) is 7.11 Å². The summed E-state index contributed by atoms with van der Waals surface area (Å²) in [5.74, 6) is -0.277. The van der Waals surface area contributed by atoms with E-state index in [1.54, 1.807) is 30.3 Å². The SMILES string of the molecule is CCCCC(=C=S([O])(=O)c1ccccc1)CCCC(=O)OC.[I-].[Zn]. The molecule has 1 unspecified atom stereocenters. The molecule has 0 spiro atoms. The van der Waals surface area contributed by atoms with Crippen molar-refractivity contribution in [1.82, 2.24) is 0 Å². The summed E-state index contributed by atoms with van der Waals surface area (Å²) in [4.78, 5) is 11.4. The molecule has 1 rings (SSSR count). The molecule has 7 heteroatoms. The van der Waals surface area contributed by atoms with Gasteiger partial charge in [-0.25, -0.2) is 4.21 Å². The van der Waals surface area contributed by atoms with Crippen LogP contribution in [0.5, 0.6) is 0 Å². The maximum absolute atomic E-state index is 12.3. The molecular formula is C17H23IO4SZn-. The number of carbonyl (C=O) groups is 1. The van der Waals surface area contributed by atoms with Gasteiger partial charge < -0.3 is 28.7 Å². The topological polar surface area (TPSA) is 63.3 Å². The van der Waals surface area contributed by atoms with Gasteiger partial charge in [0.2, 0.25) is 0 Å². The average Bonchev–Trinajstić information content (AvgIpc) is 2.52. The Labute approximate surface area is 175 Å². The van der Waals surface area contributed by atoms with E-state index in [0.717, 1.165) is 18.4 Å². The molecule has 0 heterocycles. The van der Waals surface area contributed by atoms with E-state index in [-0.39, 0.29) is 54.3 Å². The summed E-state index contributed by atoms with van der Waals surface area (Å²) in [6.07, 6.45) is 3.98. The molecule has 0 amide bonds. The van der Waals surface area contributed by atoms with Crippen LogP contribution >= 0.6 is 0 Å². The van der Waals surface area contributed by atoms with Gasteiger partial charge in [-0.3, -0.25) is 4.79 Å². The van der Waals surface area contributed by atoms with Crippen molar-refractivity contribution in [2.45, 2.75) is 50.3 Å². The average molecular weight is 516 g/mol. The third-order valence-electron chi connectivity index (χ3n) is 3.25. The number of carbonyl (C=O) groups excluding carboxylic acids is 1. The van der Waals surface area contributed by atoms with Gasteiger partial charge in [0.05, 0.1) is 12.0 Å². The van der Waals surface area contributed by atoms with Gasteiger partial charge >= 0.3 is 5.97 Å². The normalized spacial score (nSPS) is 12.0. The Balaban J connectivity index is 0. The second-order valence-corrected chi connectivity index (χ2v) is 6.74. The smallest absolute Gasteiger partial charge is 0.305 e. The summed E-state index contributed by atoms with van der Waals surface area (Å²) in [5, 5.41) is 2.67. The minimum absolute atomic E-state index is 0. The van der Waals surface area contributed by atoms with Crippen LogP contribution in [0.2, 0.25) is 0 Å². The van der Waals surface area contributed by atoms with E-state index in [1.807, 2.05) is 0 Å². The van der Waals surface area contributed by atoms with E-state index >= 15 is 0 Å². The first-order chi connectivity index (χ1) is 10.5. The number of ether oxygens (including phenoxy) is 1. The Bertz CT molecular complexity index is 633. The van der Waals surface area contributed by atoms with Gasteiger partial charge in [0, 0.05) is 25.9 Å². The third-order valence-corrected chi connectivity index (χ3v) is 4.70. The van der Waals surface area contributed by atoms with E-state index in [2.05, 4.69) is 16.7 Å². The third kappa shape index (κ3) is 9.94. The second-order valence-electron chi connectivity index (χ2n) is 5.06. The van der Waals surface area contributed by atoms with Crippen LogP contribution in [0.1, 0.15) is 45.4 Å². The van der Waals surface area contributed by atoms with Crippen LogP contribution < -0.4 is 24.0 Å². The van der Waals surface area contributed by atoms with Crippen molar-refractivity contribution in [3.63, 3.8) is 0 Å². The molecule has 1 aromatic rings. The van der Waals surface area contributed by atoms with Gasteiger partial charge in [-0.2, -0.15) is 0 Å². The Kier molecular flexibility index (Phi) is 15.2. The summed E-state index contributed by atoms with van der Waals surface area (Å²) < 4.78 is 29.3. The number of rotatable bonds is 8. The van der Waals surface area contributed by atoms with Crippen LogP contribution in [0, 0.1) is 0 Å². The number of benzene rings is 1. The molecule has 0 aliphatic heterocycles. The largest absolute Gasteiger partial charge is 1.00 e. The van der Waals surface area contributed by atoms with Gasteiger partial charge in [0.25, 0.3) is 0 Å². The van der Waals surface area contributed by atoms with E-state index < -0.39 is 9.80 Å². The van der Waals surface area contributed by atoms with Crippen LogP contribution in [0.4, 0.5) is 0 Å². The first kappa shape index (κ1) is 26.0. The summed E-state index contributed by atoms with van der Waals surface area (Å²) in [7, 11) is -2.20. The van der Waals surface area contributed by atoms with Crippen molar-refractivity contribution in [1.29, 1.82) is 0 Å². The molecule has 24 heavy (non-hydrogen) atoms. The van der Waals surface area contributed by atoms with E-state index in [1.165, 1.54) is 7.11 Å². The van der Waals surface area contributed by atoms with Gasteiger partial charge in [0.15, 0.2) is 9.80 Å². The van der Waals surface area contributed by atoms with Crippen LogP contribution in [0.25, 0.3) is 0 Å². The first-order valence-corrected chi connectivity index (χ1v) is 8.97. The zero-order valence-electron chi connectivity index (χ0n) is 14.3. The van der Waals surface area contributed by atoms with Gasteiger partial charge in [0.1, 0.15) is 0 Å². The first-order valence-electron chi connectivity index (χ1n) is 7.49. The Morgan fingerprint density at radius 1 is 1.12 bits per heavy atom. The molecule has 1 aromatic carbocycles. The van der Waals surface area contributed by atoms with Crippen LogP contribution in [0.3, 0.4) is 0 Å². The van der Waals surface area contributed by atoms with Crippen molar-refractivity contribution < 1.29 is 61.7 Å². The molecule has 0 N–H and O–H groups in total.